The number of aromatic nitrogens is 2. The molecule has 2 aromatic heterocycles. The van der Waals surface area contributed by atoms with E-state index in [1.807, 2.05) is 6.92 Å². The second-order valence-electron chi connectivity index (χ2n) is 6.50. The Morgan fingerprint density at radius 1 is 1.30 bits per heavy atom. The SMILES string of the molecule is Cc1ccc([N+](=O)[O-])c(OCCSc2ncnc3sc4c(c23)CCCC4)c1. The quantitative estimate of drug-likeness (QED) is 0.191. The number of benzene rings is 1. The fourth-order valence-corrected chi connectivity index (χ4v) is 5.49. The van der Waals surface area contributed by atoms with Gasteiger partial charge in [-0.05, 0) is 49.8 Å². The van der Waals surface area contributed by atoms with Crippen LogP contribution in [0.1, 0.15) is 28.8 Å². The molecule has 0 saturated heterocycles. The van der Waals surface area contributed by atoms with Gasteiger partial charge in [-0.3, -0.25) is 10.1 Å². The first-order valence-corrected chi connectivity index (χ1v) is 10.7. The lowest BCUT2D eigenvalue weighted by molar-refractivity contribution is -0.385. The van der Waals surface area contributed by atoms with Crippen molar-refractivity contribution in [3.8, 4) is 5.75 Å². The molecule has 0 N–H and O–H groups in total. The number of ether oxygens (including phenoxy) is 1. The van der Waals surface area contributed by atoms with Crippen LogP contribution in [0.4, 0.5) is 5.69 Å². The lowest BCUT2D eigenvalue weighted by Crippen LogP contribution is -2.04. The minimum Gasteiger partial charge on any atom is -0.486 e. The van der Waals surface area contributed by atoms with E-state index in [4.69, 9.17) is 4.74 Å². The van der Waals surface area contributed by atoms with Crippen LogP contribution in [0.2, 0.25) is 0 Å². The molecule has 0 fully saturated rings. The predicted molar refractivity (Wildman–Crippen MR) is 108 cm³/mol. The van der Waals surface area contributed by atoms with Crippen molar-refractivity contribution in [3.63, 3.8) is 0 Å². The maximum absolute atomic E-state index is 11.1. The summed E-state index contributed by atoms with van der Waals surface area (Å²) in [7, 11) is 0. The standard InChI is InChI=1S/C19H19N3O3S2/c1-12-6-7-14(22(23)24)15(10-12)25-8-9-26-18-17-13-4-2-3-5-16(13)27-19(17)21-11-20-18/h6-7,10-11H,2-5,8-9H2,1H3. The smallest absolute Gasteiger partial charge is 0.310 e. The van der Waals surface area contributed by atoms with Crippen molar-refractivity contribution in [1.82, 2.24) is 9.97 Å². The predicted octanol–water partition coefficient (Wildman–Crippen LogP) is 4.96. The van der Waals surface area contributed by atoms with Gasteiger partial charge < -0.3 is 4.74 Å². The Bertz CT molecular complexity index is 1000. The summed E-state index contributed by atoms with van der Waals surface area (Å²) in [5.41, 5.74) is 2.35. The summed E-state index contributed by atoms with van der Waals surface area (Å²) in [4.78, 5) is 22.2. The largest absolute Gasteiger partial charge is 0.486 e. The number of thiophene rings is 1. The molecule has 140 valence electrons. The molecule has 1 aliphatic carbocycles. The van der Waals surface area contributed by atoms with Crippen LogP contribution in [-0.2, 0) is 12.8 Å². The van der Waals surface area contributed by atoms with Gasteiger partial charge in [-0.2, -0.15) is 0 Å². The molecule has 1 aromatic carbocycles. The monoisotopic (exact) mass is 401 g/mol. The molecule has 1 aliphatic rings. The molecule has 0 unspecified atom stereocenters. The molecule has 4 rings (SSSR count). The van der Waals surface area contributed by atoms with E-state index < -0.39 is 4.92 Å². The van der Waals surface area contributed by atoms with Crippen molar-refractivity contribution in [2.24, 2.45) is 0 Å². The molecule has 0 amide bonds. The Morgan fingerprint density at radius 2 is 2.15 bits per heavy atom. The zero-order chi connectivity index (χ0) is 18.8. The maximum Gasteiger partial charge on any atom is 0.310 e. The highest BCUT2D eigenvalue weighted by Gasteiger charge is 2.20. The second-order valence-corrected chi connectivity index (χ2v) is 8.66. The average Bonchev–Trinajstić information content (AvgIpc) is 3.04. The van der Waals surface area contributed by atoms with Crippen LogP contribution in [0.25, 0.3) is 10.2 Å². The molecular weight excluding hydrogens is 382 g/mol. The first kappa shape index (κ1) is 18.2. The molecule has 27 heavy (non-hydrogen) atoms. The van der Waals surface area contributed by atoms with Crippen molar-refractivity contribution in [2.45, 2.75) is 37.6 Å². The van der Waals surface area contributed by atoms with Crippen molar-refractivity contribution in [1.29, 1.82) is 0 Å². The third-order valence-corrected chi connectivity index (χ3v) is 6.76. The average molecular weight is 402 g/mol. The zero-order valence-electron chi connectivity index (χ0n) is 14.9. The lowest BCUT2D eigenvalue weighted by atomic mass is 9.97. The lowest BCUT2D eigenvalue weighted by Gasteiger charge is -2.11. The molecule has 8 heteroatoms. The molecule has 0 atom stereocenters. The van der Waals surface area contributed by atoms with E-state index in [0.717, 1.165) is 28.3 Å². The highest BCUT2D eigenvalue weighted by Crippen LogP contribution is 2.39. The van der Waals surface area contributed by atoms with Crippen molar-refractivity contribution in [2.75, 3.05) is 12.4 Å². The van der Waals surface area contributed by atoms with Gasteiger partial charge in [0.15, 0.2) is 5.75 Å². The Labute approximate surface area is 165 Å². The molecule has 0 radical (unpaired) electrons. The summed E-state index contributed by atoms with van der Waals surface area (Å²) in [6.45, 7) is 2.27. The zero-order valence-corrected chi connectivity index (χ0v) is 16.6. The van der Waals surface area contributed by atoms with E-state index in [-0.39, 0.29) is 5.69 Å². The topological polar surface area (TPSA) is 78.2 Å². The molecule has 2 heterocycles. The number of thioether (sulfide) groups is 1. The molecule has 0 spiro atoms. The molecule has 3 aromatic rings. The van der Waals surface area contributed by atoms with Gasteiger partial charge in [0.1, 0.15) is 16.2 Å². The van der Waals surface area contributed by atoms with Gasteiger partial charge >= 0.3 is 5.69 Å². The van der Waals surface area contributed by atoms with Crippen LogP contribution in [0, 0.1) is 17.0 Å². The van der Waals surface area contributed by atoms with Gasteiger partial charge in [0, 0.05) is 22.1 Å². The first-order valence-electron chi connectivity index (χ1n) is 8.89. The van der Waals surface area contributed by atoms with Gasteiger partial charge in [-0.25, -0.2) is 9.97 Å². The van der Waals surface area contributed by atoms with Crippen LogP contribution in [0.5, 0.6) is 5.75 Å². The fourth-order valence-electron chi connectivity index (χ4n) is 3.35. The van der Waals surface area contributed by atoms with E-state index >= 15 is 0 Å². The third kappa shape index (κ3) is 3.77. The van der Waals surface area contributed by atoms with Gasteiger partial charge in [-0.15, -0.1) is 23.1 Å². The number of aryl methyl sites for hydroxylation is 3. The second kappa shape index (κ2) is 7.82. The number of fused-ring (bicyclic) bond motifs is 3. The van der Waals surface area contributed by atoms with Gasteiger partial charge in [0.05, 0.1) is 11.5 Å². The van der Waals surface area contributed by atoms with Crippen molar-refractivity contribution in [3.05, 3.63) is 50.6 Å². The molecular formula is C19H19N3O3S2. The number of nitro benzene ring substituents is 1. The van der Waals surface area contributed by atoms with E-state index in [9.17, 15) is 10.1 Å². The maximum atomic E-state index is 11.1. The fraction of sp³-hybridized carbons (Fsp3) is 0.368. The van der Waals surface area contributed by atoms with E-state index in [2.05, 4.69) is 9.97 Å². The van der Waals surface area contributed by atoms with E-state index in [0.29, 0.717) is 18.1 Å². The third-order valence-electron chi connectivity index (χ3n) is 4.61. The summed E-state index contributed by atoms with van der Waals surface area (Å²) in [6, 6.07) is 4.92. The number of hydrogen-bond acceptors (Lipinski definition) is 7. The van der Waals surface area contributed by atoms with E-state index in [1.54, 1.807) is 41.6 Å². The molecule has 0 saturated carbocycles. The minimum atomic E-state index is -0.409. The Kier molecular flexibility index (Phi) is 5.27. The van der Waals surface area contributed by atoms with Crippen molar-refractivity contribution < 1.29 is 9.66 Å². The van der Waals surface area contributed by atoms with Gasteiger partial charge in [-0.1, -0.05) is 6.07 Å². The Balaban J connectivity index is 1.47. The van der Waals surface area contributed by atoms with Crippen LogP contribution in [0.3, 0.4) is 0 Å². The molecule has 0 aliphatic heterocycles. The summed E-state index contributed by atoms with van der Waals surface area (Å²) in [6.07, 6.45) is 6.33. The summed E-state index contributed by atoms with van der Waals surface area (Å²) in [5, 5.41) is 13.3. The Morgan fingerprint density at radius 3 is 3.00 bits per heavy atom. The van der Waals surface area contributed by atoms with Gasteiger partial charge in [0.2, 0.25) is 0 Å². The van der Waals surface area contributed by atoms with Crippen LogP contribution in [-0.4, -0.2) is 27.3 Å². The molecule has 6 nitrogen and oxygen atoms in total. The number of hydrogen-bond donors (Lipinski definition) is 0. The number of nitro groups is 1. The first-order chi connectivity index (χ1) is 13.1. The normalized spacial score (nSPS) is 13.5. The van der Waals surface area contributed by atoms with Gasteiger partial charge in [0.25, 0.3) is 0 Å². The van der Waals surface area contributed by atoms with Crippen LogP contribution in [0.15, 0.2) is 29.6 Å². The van der Waals surface area contributed by atoms with Crippen LogP contribution >= 0.6 is 23.1 Å². The number of nitrogens with zero attached hydrogens (tertiary/aromatic N) is 3. The Hall–Kier alpha value is -2.19. The van der Waals surface area contributed by atoms with E-state index in [1.165, 1.54) is 34.7 Å². The number of rotatable bonds is 6. The summed E-state index contributed by atoms with van der Waals surface area (Å²) < 4.78 is 5.70. The van der Waals surface area contributed by atoms with Crippen LogP contribution < -0.4 is 4.74 Å². The highest BCUT2D eigenvalue weighted by atomic mass is 32.2. The van der Waals surface area contributed by atoms with Crippen molar-refractivity contribution >= 4 is 39.0 Å². The molecule has 0 bridgehead atoms. The summed E-state index contributed by atoms with van der Waals surface area (Å²) >= 11 is 3.41. The highest BCUT2D eigenvalue weighted by molar-refractivity contribution is 7.99. The minimum absolute atomic E-state index is 0.00179. The summed E-state index contributed by atoms with van der Waals surface area (Å²) in [5.74, 6) is 0.989.